The Morgan fingerprint density at radius 2 is 2.26 bits per heavy atom. The minimum absolute atomic E-state index is 0.124. The minimum Gasteiger partial charge on any atom is -0.358 e. The molecule has 2 aromatic rings. The van der Waals surface area contributed by atoms with Crippen molar-refractivity contribution in [2.45, 2.75) is 13.5 Å². The third-order valence-corrected chi connectivity index (χ3v) is 3.84. The van der Waals surface area contributed by atoms with Gasteiger partial charge >= 0.3 is 5.82 Å². The number of thiophene rings is 1. The van der Waals surface area contributed by atoms with Gasteiger partial charge in [-0.2, -0.15) is 4.68 Å². The maximum Gasteiger partial charge on any atom is 0.392 e. The van der Waals surface area contributed by atoms with Crippen molar-refractivity contribution < 1.29 is 9.72 Å². The standard InChI is InChI=1S/C10H7Cl2N3O3S/c1-5-3-14(13-10(5)15(17)18)4-7(16)6-2-8(11)19-9(6)12/h2-3H,4H2,1H3. The van der Waals surface area contributed by atoms with Gasteiger partial charge in [-0.05, 0) is 17.9 Å². The summed E-state index contributed by atoms with van der Waals surface area (Å²) < 4.78 is 1.93. The molecule has 2 rings (SSSR count). The van der Waals surface area contributed by atoms with Gasteiger partial charge in [0.15, 0.2) is 5.78 Å². The molecule has 0 aliphatic heterocycles. The quantitative estimate of drug-likeness (QED) is 0.492. The highest BCUT2D eigenvalue weighted by molar-refractivity contribution is 7.20. The normalized spacial score (nSPS) is 10.7. The predicted molar refractivity (Wildman–Crippen MR) is 72.3 cm³/mol. The van der Waals surface area contributed by atoms with Crippen molar-refractivity contribution in [3.8, 4) is 0 Å². The van der Waals surface area contributed by atoms with Gasteiger partial charge in [-0.3, -0.25) is 4.79 Å². The van der Waals surface area contributed by atoms with E-state index in [9.17, 15) is 14.9 Å². The van der Waals surface area contributed by atoms with Gasteiger partial charge in [0.05, 0.1) is 26.8 Å². The number of aryl methyl sites for hydroxylation is 1. The molecule has 0 aliphatic rings. The summed E-state index contributed by atoms with van der Waals surface area (Å²) in [5.74, 6) is -0.562. The van der Waals surface area contributed by atoms with Crippen LogP contribution >= 0.6 is 34.5 Å². The van der Waals surface area contributed by atoms with Gasteiger partial charge in [-0.15, -0.1) is 11.3 Å². The molecule has 0 radical (unpaired) electrons. The maximum absolute atomic E-state index is 12.0. The number of Topliss-reactive ketones (excluding diaryl/α,β-unsaturated/α-hetero) is 1. The van der Waals surface area contributed by atoms with Gasteiger partial charge in [0.25, 0.3) is 0 Å². The Kier molecular flexibility index (Phi) is 3.88. The molecular formula is C10H7Cl2N3O3S. The number of halogens is 2. The molecule has 0 saturated carbocycles. The summed E-state index contributed by atoms with van der Waals surface area (Å²) in [6, 6.07) is 1.47. The highest BCUT2D eigenvalue weighted by Crippen LogP contribution is 2.31. The Hall–Kier alpha value is -1.44. The molecule has 9 heteroatoms. The summed E-state index contributed by atoms with van der Waals surface area (Å²) in [4.78, 5) is 22.0. The molecule has 19 heavy (non-hydrogen) atoms. The third kappa shape index (κ3) is 2.94. The fourth-order valence-corrected chi connectivity index (χ4v) is 3.03. The lowest BCUT2D eigenvalue weighted by molar-refractivity contribution is -0.390. The Bertz CT molecular complexity index is 665. The lowest BCUT2D eigenvalue weighted by Crippen LogP contribution is -2.10. The number of aromatic nitrogens is 2. The van der Waals surface area contributed by atoms with Crippen LogP contribution in [-0.4, -0.2) is 20.5 Å². The number of nitro groups is 1. The zero-order valence-corrected chi connectivity index (χ0v) is 11.9. The molecule has 0 atom stereocenters. The molecule has 2 heterocycles. The molecule has 0 fully saturated rings. The number of rotatable bonds is 4. The first-order chi connectivity index (χ1) is 8.88. The van der Waals surface area contributed by atoms with Crippen LogP contribution in [0.3, 0.4) is 0 Å². The van der Waals surface area contributed by atoms with Crippen LogP contribution in [0.5, 0.6) is 0 Å². The molecule has 0 unspecified atom stereocenters. The van der Waals surface area contributed by atoms with Gasteiger partial charge < -0.3 is 10.1 Å². The van der Waals surface area contributed by atoms with E-state index in [0.29, 0.717) is 19.8 Å². The molecule has 100 valence electrons. The van der Waals surface area contributed by atoms with Crippen molar-refractivity contribution in [3.05, 3.63) is 42.2 Å². The Labute approximate surface area is 121 Å². The molecule has 0 amide bonds. The summed E-state index contributed by atoms with van der Waals surface area (Å²) in [5, 5.41) is 14.4. The number of hydrogen-bond acceptors (Lipinski definition) is 5. The summed E-state index contributed by atoms with van der Waals surface area (Å²) in [7, 11) is 0. The molecule has 2 aromatic heterocycles. The molecule has 6 nitrogen and oxygen atoms in total. The van der Waals surface area contributed by atoms with Gasteiger partial charge in [-0.1, -0.05) is 23.2 Å². The monoisotopic (exact) mass is 319 g/mol. The lowest BCUT2D eigenvalue weighted by atomic mass is 10.2. The second-order valence-corrected chi connectivity index (χ2v) is 6.04. The molecule has 0 aliphatic carbocycles. The lowest BCUT2D eigenvalue weighted by Gasteiger charge is -1.96. The van der Waals surface area contributed by atoms with Gasteiger partial charge in [0.1, 0.15) is 10.9 Å². The summed E-state index contributed by atoms with van der Waals surface area (Å²) >= 11 is 12.7. The van der Waals surface area contributed by atoms with Crippen LogP contribution in [0.4, 0.5) is 5.82 Å². The number of carbonyl (C=O) groups excluding carboxylic acids is 1. The fourth-order valence-electron chi connectivity index (χ4n) is 1.53. The average molecular weight is 320 g/mol. The largest absolute Gasteiger partial charge is 0.392 e. The molecule has 0 spiro atoms. The van der Waals surface area contributed by atoms with Crippen LogP contribution < -0.4 is 0 Å². The van der Waals surface area contributed by atoms with Gasteiger partial charge in [0, 0.05) is 0 Å². The average Bonchev–Trinajstić information content (AvgIpc) is 2.81. The molecule has 0 N–H and O–H groups in total. The zero-order chi connectivity index (χ0) is 14.2. The smallest absolute Gasteiger partial charge is 0.358 e. The number of carbonyl (C=O) groups is 1. The first-order valence-electron chi connectivity index (χ1n) is 5.05. The van der Waals surface area contributed by atoms with Crippen LogP contribution in [-0.2, 0) is 6.54 Å². The van der Waals surface area contributed by atoms with E-state index < -0.39 is 4.92 Å². The van der Waals surface area contributed by atoms with E-state index in [1.54, 1.807) is 6.92 Å². The third-order valence-electron chi connectivity index (χ3n) is 2.35. The highest BCUT2D eigenvalue weighted by atomic mass is 35.5. The zero-order valence-electron chi connectivity index (χ0n) is 9.59. The topological polar surface area (TPSA) is 78.0 Å². The summed E-state index contributed by atoms with van der Waals surface area (Å²) in [6.07, 6.45) is 1.44. The van der Waals surface area contributed by atoms with E-state index in [1.165, 1.54) is 16.9 Å². The van der Waals surface area contributed by atoms with E-state index in [1.807, 2.05) is 0 Å². The van der Waals surface area contributed by atoms with E-state index >= 15 is 0 Å². The SMILES string of the molecule is Cc1cn(CC(=O)c2cc(Cl)sc2Cl)nc1[N+](=O)[O-]. The Morgan fingerprint density at radius 3 is 2.74 bits per heavy atom. The van der Waals surface area contributed by atoms with Crippen molar-refractivity contribution in [1.29, 1.82) is 0 Å². The fraction of sp³-hybridized carbons (Fsp3) is 0.200. The van der Waals surface area contributed by atoms with Crippen LogP contribution in [0.1, 0.15) is 15.9 Å². The van der Waals surface area contributed by atoms with E-state index in [0.717, 1.165) is 11.3 Å². The number of nitrogens with zero attached hydrogens (tertiary/aromatic N) is 3. The molecule has 0 aromatic carbocycles. The van der Waals surface area contributed by atoms with E-state index in [4.69, 9.17) is 23.2 Å². The van der Waals surface area contributed by atoms with E-state index in [-0.39, 0.29) is 18.1 Å². The summed E-state index contributed by atoms with van der Waals surface area (Å²) in [5.41, 5.74) is 0.694. The van der Waals surface area contributed by atoms with Crippen LogP contribution in [0.25, 0.3) is 0 Å². The second-order valence-electron chi connectivity index (χ2n) is 3.75. The van der Waals surface area contributed by atoms with Crippen molar-refractivity contribution in [2.75, 3.05) is 0 Å². The number of hydrogen-bond donors (Lipinski definition) is 0. The molecule has 0 saturated heterocycles. The van der Waals surface area contributed by atoms with Crippen molar-refractivity contribution in [2.24, 2.45) is 0 Å². The van der Waals surface area contributed by atoms with Crippen molar-refractivity contribution in [3.63, 3.8) is 0 Å². The summed E-state index contributed by atoms with van der Waals surface area (Å²) in [6.45, 7) is 1.43. The minimum atomic E-state index is -0.593. The van der Waals surface area contributed by atoms with Crippen LogP contribution in [0.2, 0.25) is 8.67 Å². The molecule has 0 bridgehead atoms. The number of ketones is 1. The van der Waals surface area contributed by atoms with Crippen molar-refractivity contribution in [1.82, 2.24) is 9.78 Å². The first kappa shape index (κ1) is 14.0. The molecular weight excluding hydrogens is 313 g/mol. The first-order valence-corrected chi connectivity index (χ1v) is 6.62. The van der Waals surface area contributed by atoms with Crippen LogP contribution in [0.15, 0.2) is 12.3 Å². The maximum atomic E-state index is 12.0. The van der Waals surface area contributed by atoms with Gasteiger partial charge in [0.2, 0.25) is 0 Å². The second kappa shape index (κ2) is 5.28. The van der Waals surface area contributed by atoms with E-state index in [2.05, 4.69) is 5.10 Å². The Balaban J connectivity index is 2.22. The van der Waals surface area contributed by atoms with Gasteiger partial charge in [-0.25, -0.2) is 0 Å². The Morgan fingerprint density at radius 1 is 1.58 bits per heavy atom. The highest BCUT2D eigenvalue weighted by Gasteiger charge is 2.21. The van der Waals surface area contributed by atoms with Crippen molar-refractivity contribution >= 4 is 46.1 Å². The predicted octanol–water partition coefficient (Wildman–Crippen LogP) is 3.35. The van der Waals surface area contributed by atoms with Crippen LogP contribution in [0, 0.1) is 17.0 Å².